The second-order valence-corrected chi connectivity index (χ2v) is 4.33. The maximum atomic E-state index is 10.5. The molecule has 2 heterocycles. The number of carboxylic acid groups (broad SMARTS) is 1. The van der Waals surface area contributed by atoms with Gasteiger partial charge in [0.2, 0.25) is 0 Å². The van der Waals surface area contributed by atoms with Crippen LogP contribution in [-0.2, 0) is 11.3 Å². The molecule has 8 heteroatoms. The molecule has 0 aliphatic rings. The van der Waals surface area contributed by atoms with Gasteiger partial charge < -0.3 is 10.2 Å². The number of aliphatic carboxylic acids is 1. The molecule has 1 atom stereocenters. The monoisotopic (exact) mass is 312 g/mol. The number of rotatable bonds is 4. The maximum absolute atomic E-state index is 10.5. The predicted octanol–water partition coefficient (Wildman–Crippen LogP) is 0.602. The lowest BCUT2D eigenvalue weighted by atomic mass is 10.2. The van der Waals surface area contributed by atoms with Crippen LogP contribution in [-0.4, -0.2) is 36.2 Å². The highest BCUT2D eigenvalue weighted by atomic mass is 79.9. The average molecular weight is 313 g/mol. The Balaban J connectivity index is 2.21. The van der Waals surface area contributed by atoms with Crippen molar-refractivity contribution in [3.8, 4) is 0 Å². The van der Waals surface area contributed by atoms with Gasteiger partial charge in [0, 0.05) is 0 Å². The van der Waals surface area contributed by atoms with Crippen LogP contribution in [0.5, 0.6) is 0 Å². The van der Waals surface area contributed by atoms with Gasteiger partial charge in [-0.2, -0.15) is 0 Å². The molecule has 0 amide bonds. The van der Waals surface area contributed by atoms with Crippen molar-refractivity contribution in [2.75, 3.05) is 0 Å². The maximum Gasteiger partial charge on any atom is 0.325 e. The van der Waals surface area contributed by atoms with E-state index in [-0.39, 0.29) is 12.2 Å². The third-order valence-corrected chi connectivity index (χ3v) is 2.59. The first-order valence-electron chi connectivity index (χ1n) is 4.98. The van der Waals surface area contributed by atoms with Crippen molar-refractivity contribution in [2.45, 2.75) is 12.6 Å². The fourth-order valence-corrected chi connectivity index (χ4v) is 1.74. The van der Waals surface area contributed by atoms with Crippen LogP contribution in [0.3, 0.4) is 0 Å². The lowest BCUT2D eigenvalue weighted by Gasteiger charge is -2.06. The SMILES string of the molecule is O=C(O)Cn1cc(C(O)c2cccc(Br)n2)nn1. The third-order valence-electron chi connectivity index (χ3n) is 2.15. The Morgan fingerprint density at radius 3 is 2.89 bits per heavy atom. The van der Waals surface area contributed by atoms with Crippen molar-refractivity contribution in [3.05, 3.63) is 40.4 Å². The third kappa shape index (κ3) is 2.90. The van der Waals surface area contributed by atoms with E-state index >= 15 is 0 Å². The van der Waals surface area contributed by atoms with Crippen LogP contribution in [0.2, 0.25) is 0 Å². The van der Waals surface area contributed by atoms with Crippen molar-refractivity contribution >= 4 is 21.9 Å². The first-order chi connectivity index (χ1) is 8.56. The Hall–Kier alpha value is -1.80. The smallest absolute Gasteiger partial charge is 0.325 e. The summed E-state index contributed by atoms with van der Waals surface area (Å²) in [6, 6.07) is 5.11. The van der Waals surface area contributed by atoms with E-state index in [1.807, 2.05) is 0 Å². The zero-order valence-electron chi connectivity index (χ0n) is 9.06. The fourth-order valence-electron chi connectivity index (χ4n) is 1.38. The van der Waals surface area contributed by atoms with Crippen LogP contribution < -0.4 is 0 Å². The summed E-state index contributed by atoms with van der Waals surface area (Å²) in [5, 5.41) is 25.9. The van der Waals surface area contributed by atoms with E-state index in [4.69, 9.17) is 5.11 Å². The molecule has 0 saturated heterocycles. The molecule has 0 aliphatic carbocycles. The number of carboxylic acids is 1. The number of nitrogens with zero attached hydrogens (tertiary/aromatic N) is 4. The molecule has 1 unspecified atom stereocenters. The average Bonchev–Trinajstić information content (AvgIpc) is 2.75. The first kappa shape index (κ1) is 12.7. The van der Waals surface area contributed by atoms with Gasteiger partial charge in [0.15, 0.2) is 0 Å². The molecule has 0 spiro atoms. The molecule has 18 heavy (non-hydrogen) atoms. The molecule has 0 bridgehead atoms. The van der Waals surface area contributed by atoms with Gasteiger partial charge in [-0.05, 0) is 28.1 Å². The summed E-state index contributed by atoms with van der Waals surface area (Å²) in [6.45, 7) is -0.300. The highest BCUT2D eigenvalue weighted by molar-refractivity contribution is 9.10. The van der Waals surface area contributed by atoms with Gasteiger partial charge >= 0.3 is 5.97 Å². The minimum Gasteiger partial charge on any atom is -0.480 e. The Morgan fingerprint density at radius 2 is 2.22 bits per heavy atom. The topological polar surface area (TPSA) is 101 Å². The lowest BCUT2D eigenvalue weighted by molar-refractivity contribution is -0.137. The largest absolute Gasteiger partial charge is 0.480 e. The highest BCUT2D eigenvalue weighted by Gasteiger charge is 2.16. The molecule has 7 nitrogen and oxygen atoms in total. The number of aliphatic hydroxyl groups excluding tert-OH is 1. The van der Waals surface area contributed by atoms with E-state index in [0.29, 0.717) is 10.3 Å². The van der Waals surface area contributed by atoms with E-state index < -0.39 is 12.1 Å². The Morgan fingerprint density at radius 1 is 1.44 bits per heavy atom. The van der Waals surface area contributed by atoms with Crippen LogP contribution in [0, 0.1) is 0 Å². The molecule has 94 valence electrons. The minimum atomic E-state index is -1.04. The van der Waals surface area contributed by atoms with Crippen molar-refractivity contribution in [2.24, 2.45) is 0 Å². The molecular formula is C10H9BrN4O3. The van der Waals surface area contributed by atoms with Gasteiger partial charge in [0.25, 0.3) is 0 Å². The molecule has 2 N–H and O–H groups in total. The minimum absolute atomic E-state index is 0.252. The number of aromatic nitrogens is 4. The van der Waals surface area contributed by atoms with Crippen molar-refractivity contribution in [1.82, 2.24) is 20.0 Å². The summed E-state index contributed by atoms with van der Waals surface area (Å²) in [7, 11) is 0. The molecule has 0 aliphatic heterocycles. The second-order valence-electron chi connectivity index (χ2n) is 3.52. The first-order valence-corrected chi connectivity index (χ1v) is 5.78. The van der Waals surface area contributed by atoms with Gasteiger partial charge in [0.05, 0.1) is 11.9 Å². The number of aliphatic hydroxyl groups is 1. The highest BCUT2D eigenvalue weighted by Crippen LogP contribution is 2.19. The summed E-state index contributed by atoms with van der Waals surface area (Å²) >= 11 is 3.20. The lowest BCUT2D eigenvalue weighted by Crippen LogP contribution is -2.09. The summed E-state index contributed by atoms with van der Waals surface area (Å²) in [6.07, 6.45) is 0.339. The molecule has 0 radical (unpaired) electrons. The standard InChI is InChI=1S/C10H9BrN4O3/c11-8-3-1-2-6(12-8)10(18)7-4-15(14-13-7)5-9(16)17/h1-4,10,18H,5H2,(H,16,17). The van der Waals surface area contributed by atoms with Gasteiger partial charge in [-0.25, -0.2) is 9.67 Å². The Bertz CT molecular complexity index is 572. The number of hydrogen-bond donors (Lipinski definition) is 2. The zero-order valence-corrected chi connectivity index (χ0v) is 10.6. The van der Waals surface area contributed by atoms with Gasteiger partial charge in [0.1, 0.15) is 22.9 Å². The summed E-state index contributed by atoms with van der Waals surface area (Å²) < 4.78 is 1.73. The molecule has 2 aromatic heterocycles. The Labute approximate surface area is 110 Å². The predicted molar refractivity (Wildman–Crippen MR) is 63.7 cm³/mol. The number of pyridine rings is 1. The van der Waals surface area contributed by atoms with E-state index in [1.165, 1.54) is 6.20 Å². The van der Waals surface area contributed by atoms with E-state index in [1.54, 1.807) is 18.2 Å². The zero-order chi connectivity index (χ0) is 13.1. The van der Waals surface area contributed by atoms with Gasteiger partial charge in [-0.1, -0.05) is 11.3 Å². The summed E-state index contributed by atoms with van der Waals surface area (Å²) in [5.41, 5.74) is 0.661. The molecule has 0 fully saturated rings. The van der Waals surface area contributed by atoms with E-state index in [2.05, 4.69) is 31.2 Å². The number of hydrogen-bond acceptors (Lipinski definition) is 5. The summed E-state index contributed by atoms with van der Waals surface area (Å²) in [5.74, 6) is -1.03. The number of carbonyl (C=O) groups is 1. The van der Waals surface area contributed by atoms with Crippen LogP contribution in [0.25, 0.3) is 0 Å². The fraction of sp³-hybridized carbons (Fsp3) is 0.200. The summed E-state index contributed by atoms with van der Waals surface area (Å²) in [4.78, 5) is 14.6. The van der Waals surface area contributed by atoms with Gasteiger partial charge in [-0.3, -0.25) is 4.79 Å². The van der Waals surface area contributed by atoms with Gasteiger partial charge in [-0.15, -0.1) is 5.10 Å². The quantitative estimate of drug-likeness (QED) is 0.802. The molecule has 2 aromatic rings. The van der Waals surface area contributed by atoms with Crippen LogP contribution >= 0.6 is 15.9 Å². The Kier molecular flexibility index (Phi) is 3.68. The molecule has 2 rings (SSSR count). The van der Waals surface area contributed by atoms with Crippen LogP contribution in [0.15, 0.2) is 29.0 Å². The van der Waals surface area contributed by atoms with Crippen molar-refractivity contribution < 1.29 is 15.0 Å². The van der Waals surface area contributed by atoms with Crippen molar-refractivity contribution in [3.63, 3.8) is 0 Å². The van der Waals surface area contributed by atoms with E-state index in [9.17, 15) is 9.90 Å². The second kappa shape index (κ2) is 5.23. The normalized spacial score (nSPS) is 12.3. The molecule has 0 aromatic carbocycles. The van der Waals surface area contributed by atoms with Crippen molar-refractivity contribution in [1.29, 1.82) is 0 Å². The molecule has 0 saturated carbocycles. The number of halogens is 1. The van der Waals surface area contributed by atoms with Crippen LogP contribution in [0.4, 0.5) is 0 Å². The van der Waals surface area contributed by atoms with E-state index in [0.717, 1.165) is 4.68 Å². The molecular weight excluding hydrogens is 304 g/mol. The van der Waals surface area contributed by atoms with Crippen LogP contribution in [0.1, 0.15) is 17.5 Å².